The van der Waals surface area contributed by atoms with E-state index in [1.165, 1.54) is 11.8 Å². The van der Waals surface area contributed by atoms with Crippen molar-refractivity contribution in [2.75, 3.05) is 7.11 Å². The predicted molar refractivity (Wildman–Crippen MR) is 119 cm³/mol. The van der Waals surface area contributed by atoms with Gasteiger partial charge in [0.05, 0.1) is 18.4 Å². The molecular formula is C20H21Cl2N5O2S. The first-order chi connectivity index (χ1) is 14.3. The molecule has 0 radical (unpaired) electrons. The molecule has 1 heterocycles. The third kappa shape index (κ3) is 5.06. The monoisotopic (exact) mass is 465 g/mol. The quantitative estimate of drug-likeness (QED) is 0.511. The van der Waals surface area contributed by atoms with Gasteiger partial charge in [0, 0.05) is 10.0 Å². The van der Waals surface area contributed by atoms with E-state index in [4.69, 9.17) is 27.9 Å². The van der Waals surface area contributed by atoms with E-state index in [-0.39, 0.29) is 11.9 Å². The van der Waals surface area contributed by atoms with Crippen LogP contribution in [0.25, 0.3) is 5.69 Å². The average Bonchev–Trinajstić information content (AvgIpc) is 3.15. The van der Waals surface area contributed by atoms with E-state index in [9.17, 15) is 4.79 Å². The zero-order chi connectivity index (χ0) is 21.8. The molecule has 0 bridgehead atoms. The smallest absolute Gasteiger partial charge is 0.233 e. The van der Waals surface area contributed by atoms with Crippen LogP contribution >= 0.6 is 35.0 Å². The van der Waals surface area contributed by atoms with Crippen LogP contribution in [0.5, 0.6) is 5.75 Å². The van der Waals surface area contributed by atoms with Crippen LogP contribution in [0.3, 0.4) is 0 Å². The van der Waals surface area contributed by atoms with Crippen molar-refractivity contribution in [2.24, 2.45) is 0 Å². The lowest BCUT2D eigenvalue weighted by atomic mass is 10.1. The van der Waals surface area contributed by atoms with Crippen molar-refractivity contribution in [2.45, 2.75) is 37.2 Å². The van der Waals surface area contributed by atoms with Crippen molar-refractivity contribution in [3.05, 3.63) is 57.6 Å². The van der Waals surface area contributed by atoms with Gasteiger partial charge in [-0.05, 0) is 66.6 Å². The fourth-order valence-electron chi connectivity index (χ4n) is 2.84. The van der Waals surface area contributed by atoms with Crippen LogP contribution in [-0.4, -0.2) is 38.5 Å². The second-order valence-electron chi connectivity index (χ2n) is 6.70. The topological polar surface area (TPSA) is 81.9 Å². The number of carbonyl (C=O) groups is 1. The zero-order valence-corrected chi connectivity index (χ0v) is 19.2. The van der Waals surface area contributed by atoms with E-state index < -0.39 is 5.25 Å². The molecule has 0 spiro atoms. The van der Waals surface area contributed by atoms with Crippen molar-refractivity contribution in [3.8, 4) is 11.4 Å². The molecule has 7 nitrogen and oxygen atoms in total. The number of carbonyl (C=O) groups excluding carboxylic acids is 1. The first-order valence-corrected chi connectivity index (χ1v) is 10.8. The maximum Gasteiger partial charge on any atom is 0.233 e. The van der Waals surface area contributed by atoms with E-state index in [0.29, 0.717) is 26.6 Å². The number of nitrogens with one attached hydrogen (secondary N) is 1. The average molecular weight is 466 g/mol. The highest BCUT2D eigenvalue weighted by molar-refractivity contribution is 8.00. The molecule has 0 aliphatic carbocycles. The first kappa shape index (κ1) is 22.4. The molecule has 2 aromatic carbocycles. The lowest BCUT2D eigenvalue weighted by Crippen LogP contribution is -2.33. The van der Waals surface area contributed by atoms with E-state index in [0.717, 1.165) is 11.1 Å². The summed E-state index contributed by atoms with van der Waals surface area (Å²) in [6, 6.07) is 10.6. The van der Waals surface area contributed by atoms with E-state index in [2.05, 4.69) is 20.8 Å². The summed E-state index contributed by atoms with van der Waals surface area (Å²) in [4.78, 5) is 12.8. The molecule has 30 heavy (non-hydrogen) atoms. The highest BCUT2D eigenvalue weighted by Crippen LogP contribution is 2.30. The second-order valence-corrected chi connectivity index (χ2v) is 8.86. The molecule has 1 N–H and O–H groups in total. The number of hydrogen-bond acceptors (Lipinski definition) is 6. The van der Waals surface area contributed by atoms with Crippen LogP contribution in [0, 0.1) is 6.92 Å². The minimum atomic E-state index is -0.445. The number of benzene rings is 2. The van der Waals surface area contributed by atoms with E-state index >= 15 is 0 Å². The molecule has 1 amide bonds. The molecule has 3 rings (SSSR count). The molecule has 0 saturated heterocycles. The predicted octanol–water partition coefficient (Wildman–Crippen LogP) is 4.64. The summed E-state index contributed by atoms with van der Waals surface area (Å²) in [6.45, 7) is 5.63. The van der Waals surface area contributed by atoms with Crippen molar-refractivity contribution in [3.63, 3.8) is 0 Å². The highest BCUT2D eigenvalue weighted by atomic mass is 35.5. The van der Waals surface area contributed by atoms with Gasteiger partial charge in [0.2, 0.25) is 11.1 Å². The van der Waals surface area contributed by atoms with Gasteiger partial charge >= 0.3 is 0 Å². The Morgan fingerprint density at radius 2 is 1.97 bits per heavy atom. The molecule has 2 unspecified atom stereocenters. The van der Waals surface area contributed by atoms with Gasteiger partial charge in [-0.25, -0.2) is 0 Å². The Labute approximate surface area is 189 Å². The maximum atomic E-state index is 12.8. The lowest BCUT2D eigenvalue weighted by molar-refractivity contribution is -0.120. The van der Waals surface area contributed by atoms with Crippen LogP contribution in [0.1, 0.15) is 31.0 Å². The second kappa shape index (κ2) is 9.68. The van der Waals surface area contributed by atoms with Crippen LogP contribution in [-0.2, 0) is 4.79 Å². The number of aryl methyl sites for hydroxylation is 1. The molecule has 2 atom stereocenters. The number of nitrogens with zero attached hydrogens (tertiary/aromatic N) is 4. The highest BCUT2D eigenvalue weighted by Gasteiger charge is 2.22. The number of halogens is 2. The molecule has 10 heteroatoms. The van der Waals surface area contributed by atoms with Gasteiger partial charge < -0.3 is 10.1 Å². The van der Waals surface area contributed by atoms with E-state index in [1.54, 1.807) is 36.9 Å². The SMILES string of the molecule is COc1ccc(C)cc1-n1nnnc1SC(C)C(=O)NC(C)c1ccc(Cl)cc1Cl. The Hall–Kier alpha value is -2.29. The first-order valence-electron chi connectivity index (χ1n) is 9.15. The summed E-state index contributed by atoms with van der Waals surface area (Å²) >= 11 is 13.5. The van der Waals surface area contributed by atoms with Gasteiger partial charge in [-0.1, -0.05) is 47.1 Å². The lowest BCUT2D eigenvalue weighted by Gasteiger charge is -2.18. The Morgan fingerprint density at radius 1 is 1.20 bits per heavy atom. The van der Waals surface area contributed by atoms with Crippen molar-refractivity contribution < 1.29 is 9.53 Å². The minimum absolute atomic E-state index is 0.163. The van der Waals surface area contributed by atoms with Crippen molar-refractivity contribution in [1.82, 2.24) is 25.5 Å². The number of rotatable bonds is 7. The number of aromatic nitrogens is 4. The molecule has 0 aliphatic rings. The van der Waals surface area contributed by atoms with Crippen molar-refractivity contribution >= 4 is 40.9 Å². The summed E-state index contributed by atoms with van der Waals surface area (Å²) in [6.07, 6.45) is 0. The summed E-state index contributed by atoms with van der Waals surface area (Å²) in [5.74, 6) is 0.474. The van der Waals surface area contributed by atoms with Gasteiger partial charge in [-0.15, -0.1) is 5.10 Å². The maximum absolute atomic E-state index is 12.8. The molecule has 1 aromatic heterocycles. The molecular weight excluding hydrogens is 445 g/mol. The third-order valence-corrected chi connectivity index (χ3v) is 6.04. The van der Waals surface area contributed by atoms with Gasteiger partial charge in [0.15, 0.2) is 0 Å². The molecule has 0 fully saturated rings. The van der Waals surface area contributed by atoms with Crippen LogP contribution in [0.2, 0.25) is 10.0 Å². The summed E-state index contributed by atoms with van der Waals surface area (Å²) in [5, 5.41) is 16.0. The van der Waals surface area contributed by atoms with Gasteiger partial charge in [-0.2, -0.15) is 4.68 Å². The Kier molecular flexibility index (Phi) is 7.23. The third-order valence-electron chi connectivity index (χ3n) is 4.44. The molecule has 3 aromatic rings. The van der Waals surface area contributed by atoms with Gasteiger partial charge in [-0.3, -0.25) is 4.79 Å². The molecule has 158 valence electrons. The number of thioether (sulfide) groups is 1. The standard InChI is InChI=1S/C20H21Cl2N5O2S/c1-11-5-8-18(29-4)17(9-11)27-20(24-25-26-27)30-13(3)19(28)23-12(2)15-7-6-14(21)10-16(15)22/h5-10,12-13H,1-4H3,(H,23,28). The summed E-state index contributed by atoms with van der Waals surface area (Å²) < 4.78 is 7.00. The normalized spacial score (nSPS) is 13.0. The van der Waals surface area contributed by atoms with Crippen LogP contribution in [0.15, 0.2) is 41.6 Å². The number of methoxy groups -OCH3 is 1. The fraction of sp³-hybridized carbons (Fsp3) is 0.300. The number of ether oxygens (including phenoxy) is 1. The summed E-state index contributed by atoms with van der Waals surface area (Å²) in [7, 11) is 1.59. The summed E-state index contributed by atoms with van der Waals surface area (Å²) in [5.41, 5.74) is 2.54. The Bertz CT molecular complexity index is 1060. The van der Waals surface area contributed by atoms with Crippen molar-refractivity contribution in [1.29, 1.82) is 0 Å². The van der Waals surface area contributed by atoms with Gasteiger partial charge in [0.25, 0.3) is 0 Å². The minimum Gasteiger partial charge on any atom is -0.494 e. The Morgan fingerprint density at radius 3 is 2.67 bits per heavy atom. The van der Waals surface area contributed by atoms with Crippen LogP contribution in [0.4, 0.5) is 0 Å². The number of hydrogen-bond donors (Lipinski definition) is 1. The number of tetrazole rings is 1. The van der Waals surface area contributed by atoms with E-state index in [1.807, 2.05) is 32.0 Å². The molecule has 0 aliphatic heterocycles. The van der Waals surface area contributed by atoms with Crippen LogP contribution < -0.4 is 10.1 Å². The zero-order valence-electron chi connectivity index (χ0n) is 16.9. The molecule has 0 saturated carbocycles. The number of amides is 1. The van der Waals surface area contributed by atoms with Gasteiger partial charge in [0.1, 0.15) is 11.4 Å². The fourth-order valence-corrected chi connectivity index (χ4v) is 4.22. The largest absolute Gasteiger partial charge is 0.494 e. The Balaban J connectivity index is 1.74.